The molecule has 0 unspecified atom stereocenters. The number of anilines is 1. The molecule has 1 aliphatic heterocycles. The van der Waals surface area contributed by atoms with Gasteiger partial charge in [0.15, 0.2) is 9.84 Å². The molecular formula is C15H17N3O3S2. The summed E-state index contributed by atoms with van der Waals surface area (Å²) in [6, 6.07) is 9.23. The Kier molecular flexibility index (Phi) is 4.72. The van der Waals surface area contributed by atoms with Crippen LogP contribution in [0.25, 0.3) is 5.69 Å². The van der Waals surface area contributed by atoms with Crippen LogP contribution in [-0.2, 0) is 14.6 Å². The average molecular weight is 351 g/mol. The highest BCUT2D eigenvalue weighted by Crippen LogP contribution is 2.25. The van der Waals surface area contributed by atoms with Gasteiger partial charge in [0.05, 0.1) is 28.6 Å². The van der Waals surface area contributed by atoms with E-state index in [4.69, 9.17) is 0 Å². The van der Waals surface area contributed by atoms with Crippen molar-refractivity contribution in [3.8, 4) is 5.69 Å². The van der Waals surface area contributed by atoms with Crippen LogP contribution in [0.3, 0.4) is 0 Å². The number of amides is 1. The highest BCUT2D eigenvalue weighted by molar-refractivity contribution is 8.02. The molecule has 122 valence electrons. The zero-order valence-corrected chi connectivity index (χ0v) is 14.0. The van der Waals surface area contributed by atoms with E-state index in [9.17, 15) is 13.2 Å². The Morgan fingerprint density at radius 3 is 2.87 bits per heavy atom. The highest BCUT2D eigenvalue weighted by Gasteiger charge is 2.28. The van der Waals surface area contributed by atoms with Crippen LogP contribution in [0, 0.1) is 0 Å². The van der Waals surface area contributed by atoms with Gasteiger partial charge in [-0.25, -0.2) is 13.1 Å². The molecule has 1 fully saturated rings. The first-order chi connectivity index (χ1) is 11.0. The third-order valence-corrected chi connectivity index (χ3v) is 6.85. The quantitative estimate of drug-likeness (QED) is 0.887. The van der Waals surface area contributed by atoms with Crippen molar-refractivity contribution in [1.82, 2.24) is 9.78 Å². The predicted octanol–water partition coefficient (Wildman–Crippen LogP) is 1.73. The van der Waals surface area contributed by atoms with Crippen molar-refractivity contribution >= 4 is 33.2 Å². The molecule has 1 aromatic carbocycles. The summed E-state index contributed by atoms with van der Waals surface area (Å²) in [4.78, 5) is 12.1. The van der Waals surface area contributed by atoms with Gasteiger partial charge in [0.25, 0.3) is 0 Å². The van der Waals surface area contributed by atoms with Crippen molar-refractivity contribution in [2.24, 2.45) is 0 Å². The van der Waals surface area contributed by atoms with Gasteiger partial charge in [-0.1, -0.05) is 12.1 Å². The fraction of sp³-hybridized carbons (Fsp3) is 0.333. The molecule has 0 aliphatic carbocycles. The van der Waals surface area contributed by atoms with Gasteiger partial charge in [0.1, 0.15) is 0 Å². The smallest absolute Gasteiger partial charge is 0.234 e. The van der Waals surface area contributed by atoms with Gasteiger partial charge in [-0.2, -0.15) is 5.10 Å². The number of hydrogen-bond donors (Lipinski definition) is 1. The molecule has 3 rings (SSSR count). The number of para-hydroxylation sites is 2. The van der Waals surface area contributed by atoms with Gasteiger partial charge < -0.3 is 5.32 Å². The Balaban J connectivity index is 1.61. The van der Waals surface area contributed by atoms with Gasteiger partial charge in [0.2, 0.25) is 5.91 Å². The Morgan fingerprint density at radius 1 is 1.35 bits per heavy atom. The first-order valence-electron chi connectivity index (χ1n) is 7.24. The second-order valence-electron chi connectivity index (χ2n) is 5.35. The standard InChI is InChI=1S/C15H17N3O3S2/c19-15(10-22-12-6-9-23(20,21)11-12)17-13-4-1-2-5-14(13)18-8-3-7-16-18/h1-5,7-8,12H,6,9-11H2,(H,17,19)/t12-/m0/s1. The van der Waals surface area contributed by atoms with E-state index in [2.05, 4.69) is 10.4 Å². The van der Waals surface area contributed by atoms with E-state index in [1.165, 1.54) is 11.8 Å². The maximum atomic E-state index is 12.1. The number of benzene rings is 1. The Labute approximate surface area is 139 Å². The number of carbonyl (C=O) groups excluding carboxylic acids is 1. The maximum Gasteiger partial charge on any atom is 0.234 e. The summed E-state index contributed by atoms with van der Waals surface area (Å²) in [5.41, 5.74) is 1.47. The van der Waals surface area contributed by atoms with Crippen LogP contribution in [0.15, 0.2) is 42.7 Å². The zero-order valence-electron chi connectivity index (χ0n) is 12.4. The number of carbonyl (C=O) groups is 1. The van der Waals surface area contributed by atoms with E-state index >= 15 is 0 Å². The number of nitrogens with zero attached hydrogens (tertiary/aromatic N) is 2. The van der Waals surface area contributed by atoms with Crippen LogP contribution in [-0.4, -0.2) is 46.6 Å². The van der Waals surface area contributed by atoms with Crippen molar-refractivity contribution in [2.75, 3.05) is 22.6 Å². The molecular weight excluding hydrogens is 334 g/mol. The minimum atomic E-state index is -2.90. The summed E-state index contributed by atoms with van der Waals surface area (Å²) < 4.78 is 24.5. The molecule has 1 aliphatic rings. The van der Waals surface area contributed by atoms with Crippen LogP contribution >= 0.6 is 11.8 Å². The van der Waals surface area contributed by atoms with Crippen molar-refractivity contribution in [2.45, 2.75) is 11.7 Å². The van der Waals surface area contributed by atoms with E-state index in [1.807, 2.05) is 36.5 Å². The maximum absolute atomic E-state index is 12.1. The van der Waals surface area contributed by atoms with Crippen LogP contribution < -0.4 is 5.32 Å². The van der Waals surface area contributed by atoms with Crippen molar-refractivity contribution < 1.29 is 13.2 Å². The normalized spacial score (nSPS) is 19.6. The lowest BCUT2D eigenvalue weighted by atomic mass is 10.2. The highest BCUT2D eigenvalue weighted by atomic mass is 32.2. The fourth-order valence-electron chi connectivity index (χ4n) is 2.46. The Morgan fingerprint density at radius 2 is 2.17 bits per heavy atom. The summed E-state index contributed by atoms with van der Waals surface area (Å²) in [7, 11) is -2.90. The summed E-state index contributed by atoms with van der Waals surface area (Å²) in [6.45, 7) is 0. The molecule has 23 heavy (non-hydrogen) atoms. The molecule has 0 radical (unpaired) electrons. The van der Waals surface area contributed by atoms with Crippen LogP contribution in [0.4, 0.5) is 5.69 Å². The molecule has 2 heterocycles. The molecule has 0 saturated carbocycles. The second-order valence-corrected chi connectivity index (χ2v) is 8.87. The van der Waals surface area contributed by atoms with Crippen molar-refractivity contribution in [1.29, 1.82) is 0 Å². The zero-order chi connectivity index (χ0) is 16.3. The van der Waals surface area contributed by atoms with Gasteiger partial charge in [0, 0.05) is 17.6 Å². The predicted molar refractivity (Wildman–Crippen MR) is 91.7 cm³/mol. The van der Waals surface area contributed by atoms with E-state index in [-0.39, 0.29) is 28.4 Å². The monoisotopic (exact) mass is 351 g/mol. The second kappa shape index (κ2) is 6.76. The molecule has 0 spiro atoms. The van der Waals surface area contributed by atoms with E-state index in [0.717, 1.165) is 5.69 Å². The van der Waals surface area contributed by atoms with Gasteiger partial charge in [-0.3, -0.25) is 4.79 Å². The number of aromatic nitrogens is 2. The van der Waals surface area contributed by atoms with Gasteiger partial charge >= 0.3 is 0 Å². The third kappa shape index (κ3) is 4.14. The minimum absolute atomic E-state index is 0.0205. The first kappa shape index (κ1) is 16.1. The molecule has 1 amide bonds. The van der Waals surface area contributed by atoms with Crippen LogP contribution in [0.5, 0.6) is 0 Å². The molecule has 1 N–H and O–H groups in total. The number of thioether (sulfide) groups is 1. The van der Waals surface area contributed by atoms with Crippen molar-refractivity contribution in [3.05, 3.63) is 42.7 Å². The lowest BCUT2D eigenvalue weighted by Gasteiger charge is -2.12. The third-order valence-electron chi connectivity index (χ3n) is 3.57. The van der Waals surface area contributed by atoms with Crippen LogP contribution in [0.1, 0.15) is 6.42 Å². The average Bonchev–Trinajstić information content (AvgIpc) is 3.15. The van der Waals surface area contributed by atoms with E-state index in [0.29, 0.717) is 12.1 Å². The number of rotatable bonds is 5. The number of hydrogen-bond acceptors (Lipinski definition) is 5. The van der Waals surface area contributed by atoms with E-state index in [1.54, 1.807) is 10.9 Å². The molecule has 1 aromatic heterocycles. The summed E-state index contributed by atoms with van der Waals surface area (Å²) in [6.07, 6.45) is 4.11. The minimum Gasteiger partial charge on any atom is -0.323 e. The molecule has 1 atom stereocenters. The summed E-state index contributed by atoms with van der Waals surface area (Å²) in [5.74, 6) is 0.510. The van der Waals surface area contributed by atoms with Gasteiger partial charge in [-0.15, -0.1) is 11.8 Å². The van der Waals surface area contributed by atoms with Crippen molar-refractivity contribution in [3.63, 3.8) is 0 Å². The Hall–Kier alpha value is -1.80. The molecule has 0 bridgehead atoms. The topological polar surface area (TPSA) is 81.1 Å². The number of sulfone groups is 1. The number of nitrogens with one attached hydrogen (secondary N) is 1. The molecule has 1 saturated heterocycles. The summed E-state index contributed by atoms with van der Waals surface area (Å²) >= 11 is 1.40. The molecule has 6 nitrogen and oxygen atoms in total. The lowest BCUT2D eigenvalue weighted by molar-refractivity contribution is -0.113. The fourth-order valence-corrected chi connectivity index (χ4v) is 5.91. The largest absolute Gasteiger partial charge is 0.323 e. The Bertz CT molecular complexity index is 788. The van der Waals surface area contributed by atoms with E-state index < -0.39 is 9.84 Å². The van der Waals surface area contributed by atoms with Crippen LogP contribution in [0.2, 0.25) is 0 Å². The summed E-state index contributed by atoms with van der Waals surface area (Å²) in [5, 5.41) is 7.07. The molecule has 2 aromatic rings. The van der Waals surface area contributed by atoms with Gasteiger partial charge in [-0.05, 0) is 24.6 Å². The first-order valence-corrected chi connectivity index (χ1v) is 10.1. The molecule has 8 heteroatoms. The SMILES string of the molecule is O=C(CS[C@H]1CCS(=O)(=O)C1)Nc1ccccc1-n1cccn1. The lowest BCUT2D eigenvalue weighted by Crippen LogP contribution is -2.18.